The van der Waals surface area contributed by atoms with Crippen LogP contribution in [-0.2, 0) is 0 Å². The summed E-state index contributed by atoms with van der Waals surface area (Å²) in [4.78, 5) is 16.5. The maximum atomic E-state index is 12.3. The Hall–Kier alpha value is -2.03. The molecule has 0 aromatic carbocycles. The van der Waals surface area contributed by atoms with Gasteiger partial charge in [-0.3, -0.25) is 4.79 Å². The summed E-state index contributed by atoms with van der Waals surface area (Å²) in [7, 11) is 0. The Balaban J connectivity index is 2.18. The van der Waals surface area contributed by atoms with Gasteiger partial charge >= 0.3 is 0 Å². The molecule has 0 aliphatic carbocycles. The van der Waals surface area contributed by atoms with E-state index in [0.29, 0.717) is 23.8 Å². The molecule has 2 heterocycles. The van der Waals surface area contributed by atoms with Gasteiger partial charge in [-0.05, 0) is 35.8 Å². The minimum absolute atomic E-state index is 0.257. The molecule has 9 heteroatoms. The van der Waals surface area contributed by atoms with Crippen molar-refractivity contribution in [3.8, 4) is 0 Å². The maximum Gasteiger partial charge on any atom is 0.255 e. The van der Waals surface area contributed by atoms with Gasteiger partial charge < -0.3 is 10.6 Å². The van der Waals surface area contributed by atoms with Crippen LogP contribution in [0.4, 0.5) is 5.82 Å². The topological polar surface area (TPSA) is 108 Å². The molecule has 3 N–H and O–H groups in total. The molecule has 2 aromatic rings. The lowest BCUT2D eigenvalue weighted by molar-refractivity contribution is 0.0938. The van der Waals surface area contributed by atoms with Crippen LogP contribution in [-0.4, -0.2) is 38.1 Å². The van der Waals surface area contributed by atoms with Crippen molar-refractivity contribution in [3.63, 3.8) is 0 Å². The van der Waals surface area contributed by atoms with Crippen molar-refractivity contribution < 1.29 is 4.79 Å². The fourth-order valence-corrected chi connectivity index (χ4v) is 1.94. The molecule has 0 aliphatic rings. The largest absolute Gasteiger partial charge is 0.370 e. The van der Waals surface area contributed by atoms with Crippen molar-refractivity contribution in [1.82, 2.24) is 30.9 Å². The number of halogens is 1. The second-order valence-electron chi connectivity index (χ2n) is 4.05. The van der Waals surface area contributed by atoms with Crippen LogP contribution in [0.1, 0.15) is 36.1 Å². The van der Waals surface area contributed by atoms with Gasteiger partial charge in [0.15, 0.2) is 5.82 Å². The van der Waals surface area contributed by atoms with E-state index >= 15 is 0 Å². The van der Waals surface area contributed by atoms with Crippen LogP contribution in [0.15, 0.2) is 16.7 Å². The highest BCUT2D eigenvalue weighted by Gasteiger charge is 2.18. The number of rotatable bonds is 5. The lowest BCUT2D eigenvalue weighted by atomic mass is 10.2. The molecule has 1 amide bonds. The molecule has 106 valence electrons. The number of pyridine rings is 1. The molecule has 0 saturated heterocycles. The summed E-state index contributed by atoms with van der Waals surface area (Å²) in [5.74, 6) is 0.701. The molecule has 20 heavy (non-hydrogen) atoms. The Labute approximate surface area is 123 Å². The van der Waals surface area contributed by atoms with Crippen molar-refractivity contribution in [2.75, 3.05) is 11.9 Å². The predicted octanol–water partition coefficient (Wildman–Crippen LogP) is 1.28. The number of nitrogens with zero attached hydrogens (tertiary/aromatic N) is 4. The molecule has 0 saturated carbocycles. The number of aromatic nitrogens is 5. The van der Waals surface area contributed by atoms with E-state index in [2.05, 4.69) is 52.2 Å². The van der Waals surface area contributed by atoms with E-state index in [4.69, 9.17) is 0 Å². The average molecular weight is 340 g/mol. The molecule has 0 radical (unpaired) electrons. The zero-order valence-corrected chi connectivity index (χ0v) is 12.6. The number of anilines is 1. The van der Waals surface area contributed by atoms with Crippen LogP contribution in [0, 0.1) is 0 Å². The normalized spacial score (nSPS) is 11.9. The zero-order chi connectivity index (χ0) is 14.5. The molecule has 8 nitrogen and oxygen atoms in total. The standard InChI is InChI=1S/C11H14BrN7O/c1-3-13-10-8(4-7(12)5-14-10)11(20)15-6(2)9-16-18-19-17-9/h4-6H,3H2,1-2H3,(H,13,14)(H,15,20)(H,16,17,18,19). The number of carbonyl (C=O) groups excluding carboxylic acids is 1. The first-order valence-corrected chi connectivity index (χ1v) is 6.84. The zero-order valence-electron chi connectivity index (χ0n) is 11.0. The van der Waals surface area contributed by atoms with E-state index in [-0.39, 0.29) is 11.9 Å². The first-order valence-electron chi connectivity index (χ1n) is 6.05. The molecule has 2 aromatic heterocycles. The van der Waals surface area contributed by atoms with Crippen LogP contribution < -0.4 is 10.6 Å². The molecule has 2 rings (SSSR count). The lowest BCUT2D eigenvalue weighted by Gasteiger charge is -2.13. The summed E-state index contributed by atoms with van der Waals surface area (Å²) in [6.45, 7) is 4.39. The Morgan fingerprint density at radius 3 is 3.00 bits per heavy atom. The number of H-pyrrole nitrogens is 1. The van der Waals surface area contributed by atoms with Crippen molar-refractivity contribution >= 4 is 27.7 Å². The number of nitrogens with one attached hydrogen (secondary N) is 3. The third kappa shape index (κ3) is 3.29. The maximum absolute atomic E-state index is 12.3. The van der Waals surface area contributed by atoms with Gasteiger partial charge in [0, 0.05) is 17.2 Å². The van der Waals surface area contributed by atoms with E-state index in [1.54, 1.807) is 19.2 Å². The molecule has 0 fully saturated rings. The molecule has 0 spiro atoms. The number of aromatic amines is 1. The minimum atomic E-state index is -0.352. The first-order chi connectivity index (χ1) is 9.61. The Kier molecular flexibility index (Phi) is 4.61. The summed E-state index contributed by atoms with van der Waals surface area (Å²) in [6.07, 6.45) is 1.64. The van der Waals surface area contributed by atoms with E-state index in [0.717, 1.165) is 4.47 Å². The summed E-state index contributed by atoms with van der Waals surface area (Å²) in [6, 6.07) is 1.36. The Morgan fingerprint density at radius 1 is 1.55 bits per heavy atom. The monoisotopic (exact) mass is 339 g/mol. The van der Waals surface area contributed by atoms with E-state index in [1.807, 2.05) is 6.92 Å². The molecule has 0 aliphatic heterocycles. The highest BCUT2D eigenvalue weighted by Crippen LogP contribution is 2.19. The van der Waals surface area contributed by atoms with Crippen LogP contribution in [0.5, 0.6) is 0 Å². The van der Waals surface area contributed by atoms with Gasteiger partial charge in [0.25, 0.3) is 5.91 Å². The van der Waals surface area contributed by atoms with Gasteiger partial charge in [0.1, 0.15) is 5.82 Å². The van der Waals surface area contributed by atoms with Crippen LogP contribution in [0.25, 0.3) is 0 Å². The second-order valence-corrected chi connectivity index (χ2v) is 4.96. The van der Waals surface area contributed by atoms with Gasteiger partial charge in [-0.25, -0.2) is 4.98 Å². The summed E-state index contributed by atoms with van der Waals surface area (Å²) in [5.41, 5.74) is 0.455. The quantitative estimate of drug-likeness (QED) is 0.757. The second kappa shape index (κ2) is 6.42. The molecular formula is C11H14BrN7O. The van der Waals surface area contributed by atoms with Crippen LogP contribution in [0.2, 0.25) is 0 Å². The van der Waals surface area contributed by atoms with Crippen molar-refractivity contribution in [3.05, 3.63) is 28.1 Å². The number of tetrazole rings is 1. The van der Waals surface area contributed by atoms with Crippen molar-refractivity contribution in [2.24, 2.45) is 0 Å². The van der Waals surface area contributed by atoms with E-state index in [1.165, 1.54) is 0 Å². The summed E-state index contributed by atoms with van der Waals surface area (Å²) >= 11 is 3.31. The molecule has 0 bridgehead atoms. The van der Waals surface area contributed by atoms with Gasteiger partial charge in [0.05, 0.1) is 11.6 Å². The highest BCUT2D eigenvalue weighted by molar-refractivity contribution is 9.10. The fourth-order valence-electron chi connectivity index (χ4n) is 1.61. The number of amides is 1. The van der Waals surface area contributed by atoms with Crippen LogP contribution in [0.3, 0.4) is 0 Å². The number of hydrogen-bond acceptors (Lipinski definition) is 6. The van der Waals surface area contributed by atoms with E-state index in [9.17, 15) is 4.79 Å². The van der Waals surface area contributed by atoms with Gasteiger partial charge in [0.2, 0.25) is 0 Å². The predicted molar refractivity (Wildman–Crippen MR) is 76.2 cm³/mol. The van der Waals surface area contributed by atoms with E-state index < -0.39 is 0 Å². The number of hydrogen-bond donors (Lipinski definition) is 3. The summed E-state index contributed by atoms with van der Waals surface area (Å²) < 4.78 is 0.733. The summed E-state index contributed by atoms with van der Waals surface area (Å²) in [5, 5.41) is 19.3. The Bertz CT molecular complexity index is 586. The third-order valence-electron chi connectivity index (χ3n) is 2.54. The van der Waals surface area contributed by atoms with Gasteiger partial charge in [-0.2, -0.15) is 5.21 Å². The first kappa shape index (κ1) is 14.4. The van der Waals surface area contributed by atoms with Crippen molar-refractivity contribution in [1.29, 1.82) is 0 Å². The lowest BCUT2D eigenvalue weighted by Crippen LogP contribution is -2.28. The van der Waals surface area contributed by atoms with Crippen molar-refractivity contribution in [2.45, 2.75) is 19.9 Å². The third-order valence-corrected chi connectivity index (χ3v) is 2.97. The average Bonchev–Trinajstić information content (AvgIpc) is 2.95. The van der Waals surface area contributed by atoms with Gasteiger partial charge in [-0.1, -0.05) is 5.21 Å². The molecule has 1 unspecified atom stereocenters. The van der Waals surface area contributed by atoms with Gasteiger partial charge in [-0.15, -0.1) is 10.2 Å². The number of carbonyl (C=O) groups is 1. The molecule has 1 atom stereocenters. The minimum Gasteiger partial charge on any atom is -0.370 e. The SMILES string of the molecule is CCNc1ncc(Br)cc1C(=O)NC(C)c1nn[nH]n1. The van der Waals surface area contributed by atoms with Crippen LogP contribution >= 0.6 is 15.9 Å². The highest BCUT2D eigenvalue weighted by atomic mass is 79.9. The fraction of sp³-hybridized carbons (Fsp3) is 0.364. The molecular weight excluding hydrogens is 326 g/mol. The smallest absolute Gasteiger partial charge is 0.255 e. The Morgan fingerprint density at radius 2 is 2.35 bits per heavy atom.